The van der Waals surface area contributed by atoms with Crippen LogP contribution in [0.4, 0.5) is 5.69 Å². The molecule has 1 fully saturated rings. The van der Waals surface area contributed by atoms with Gasteiger partial charge in [0.15, 0.2) is 0 Å². The highest BCUT2D eigenvalue weighted by atomic mass is 16.5. The normalized spacial score (nSPS) is 17.3. The lowest BCUT2D eigenvalue weighted by Gasteiger charge is -2.17. The van der Waals surface area contributed by atoms with E-state index in [9.17, 15) is 4.79 Å². The molecule has 1 aromatic carbocycles. The van der Waals surface area contributed by atoms with E-state index in [1.807, 2.05) is 38.1 Å². The second-order valence-corrected chi connectivity index (χ2v) is 6.44. The molecule has 0 bridgehead atoms. The third kappa shape index (κ3) is 3.03. The van der Waals surface area contributed by atoms with E-state index < -0.39 is 0 Å². The van der Waals surface area contributed by atoms with Gasteiger partial charge in [-0.1, -0.05) is 11.2 Å². The van der Waals surface area contributed by atoms with Gasteiger partial charge in [-0.2, -0.15) is 4.98 Å². The van der Waals surface area contributed by atoms with Gasteiger partial charge in [0.25, 0.3) is 0 Å². The highest BCUT2D eigenvalue weighted by molar-refractivity contribution is 5.96. The van der Waals surface area contributed by atoms with Gasteiger partial charge in [-0.3, -0.25) is 9.78 Å². The minimum atomic E-state index is -0.0867. The van der Waals surface area contributed by atoms with Crippen molar-refractivity contribution in [1.29, 1.82) is 0 Å². The fourth-order valence-corrected chi connectivity index (χ4v) is 3.25. The van der Waals surface area contributed by atoms with E-state index in [2.05, 4.69) is 21.2 Å². The summed E-state index contributed by atoms with van der Waals surface area (Å²) >= 11 is 0. The number of rotatable bonds is 3. The Morgan fingerprint density at radius 2 is 1.84 bits per heavy atom. The number of benzene rings is 1. The molecule has 0 unspecified atom stereocenters. The van der Waals surface area contributed by atoms with E-state index in [1.165, 1.54) is 0 Å². The first kappa shape index (κ1) is 15.5. The third-order valence-corrected chi connectivity index (χ3v) is 4.37. The van der Waals surface area contributed by atoms with Crippen LogP contribution in [0.2, 0.25) is 0 Å². The molecular formula is C19H18N4O2. The van der Waals surface area contributed by atoms with Gasteiger partial charge in [-0.25, -0.2) is 0 Å². The standard InChI is InChI=1S/C19H18N4O2/c1-12-7-13(2)9-16(8-12)23-11-15(10-17(23)24)19-21-18(22-25-19)14-3-5-20-6-4-14/h3-9,15H,10-11H2,1-2H3/t15-/m1/s1. The van der Waals surface area contributed by atoms with Gasteiger partial charge < -0.3 is 9.42 Å². The van der Waals surface area contributed by atoms with Crippen molar-refractivity contribution in [3.63, 3.8) is 0 Å². The summed E-state index contributed by atoms with van der Waals surface area (Å²) in [4.78, 5) is 22.8. The number of aryl methyl sites for hydroxylation is 2. The van der Waals surface area contributed by atoms with Gasteiger partial charge in [-0.15, -0.1) is 0 Å². The van der Waals surface area contributed by atoms with Crippen LogP contribution in [0, 0.1) is 13.8 Å². The van der Waals surface area contributed by atoms with Gasteiger partial charge >= 0.3 is 0 Å². The molecule has 0 spiro atoms. The Morgan fingerprint density at radius 3 is 2.56 bits per heavy atom. The molecule has 2 aromatic heterocycles. The number of carbonyl (C=O) groups excluding carboxylic acids is 1. The van der Waals surface area contributed by atoms with E-state index in [0.29, 0.717) is 24.7 Å². The number of pyridine rings is 1. The van der Waals surface area contributed by atoms with Crippen LogP contribution in [0.3, 0.4) is 0 Å². The smallest absolute Gasteiger partial charge is 0.232 e. The van der Waals surface area contributed by atoms with Crippen LogP contribution in [-0.4, -0.2) is 27.6 Å². The molecule has 1 atom stereocenters. The van der Waals surface area contributed by atoms with Crippen LogP contribution in [0.25, 0.3) is 11.4 Å². The van der Waals surface area contributed by atoms with Gasteiger partial charge in [0.1, 0.15) is 0 Å². The van der Waals surface area contributed by atoms with Crippen molar-refractivity contribution in [3.05, 3.63) is 59.7 Å². The van der Waals surface area contributed by atoms with E-state index >= 15 is 0 Å². The van der Waals surface area contributed by atoms with Gasteiger partial charge in [0.2, 0.25) is 17.6 Å². The van der Waals surface area contributed by atoms with Gasteiger partial charge in [0, 0.05) is 36.6 Å². The summed E-state index contributed by atoms with van der Waals surface area (Å²) < 4.78 is 5.42. The summed E-state index contributed by atoms with van der Waals surface area (Å²) in [6.45, 7) is 4.63. The number of aromatic nitrogens is 3. The minimum absolute atomic E-state index is 0.0821. The summed E-state index contributed by atoms with van der Waals surface area (Å²) in [5.74, 6) is 1.02. The van der Waals surface area contributed by atoms with Crippen molar-refractivity contribution in [2.24, 2.45) is 0 Å². The van der Waals surface area contributed by atoms with Crippen molar-refractivity contribution in [2.45, 2.75) is 26.2 Å². The SMILES string of the molecule is Cc1cc(C)cc(N2C[C@H](c3nc(-c4ccncc4)no3)CC2=O)c1. The molecule has 4 rings (SSSR count). The number of nitrogens with zero attached hydrogens (tertiary/aromatic N) is 4. The van der Waals surface area contributed by atoms with Crippen molar-refractivity contribution >= 4 is 11.6 Å². The number of amides is 1. The lowest BCUT2D eigenvalue weighted by Crippen LogP contribution is -2.24. The Kier molecular flexibility index (Phi) is 3.80. The molecule has 6 heteroatoms. The number of anilines is 1. The highest BCUT2D eigenvalue weighted by Crippen LogP contribution is 2.32. The van der Waals surface area contributed by atoms with Gasteiger partial charge in [0.05, 0.1) is 5.92 Å². The van der Waals surface area contributed by atoms with Crippen LogP contribution >= 0.6 is 0 Å². The van der Waals surface area contributed by atoms with Crippen LogP contribution < -0.4 is 4.90 Å². The van der Waals surface area contributed by atoms with Crippen LogP contribution in [0.5, 0.6) is 0 Å². The summed E-state index contributed by atoms with van der Waals surface area (Å²) in [6, 6.07) is 9.82. The van der Waals surface area contributed by atoms with E-state index in [-0.39, 0.29) is 11.8 Å². The molecule has 0 radical (unpaired) electrons. The molecule has 0 aliphatic carbocycles. The van der Waals surface area contributed by atoms with Crippen molar-refractivity contribution < 1.29 is 9.32 Å². The first-order chi connectivity index (χ1) is 12.1. The zero-order valence-electron chi connectivity index (χ0n) is 14.1. The zero-order chi connectivity index (χ0) is 17.4. The molecule has 1 aliphatic rings. The quantitative estimate of drug-likeness (QED) is 0.735. The Labute approximate surface area is 145 Å². The number of hydrogen-bond acceptors (Lipinski definition) is 5. The fraction of sp³-hybridized carbons (Fsp3) is 0.263. The second-order valence-electron chi connectivity index (χ2n) is 6.44. The molecule has 0 saturated carbocycles. The average molecular weight is 334 g/mol. The fourth-order valence-electron chi connectivity index (χ4n) is 3.25. The lowest BCUT2D eigenvalue weighted by molar-refractivity contribution is -0.117. The molecule has 6 nitrogen and oxygen atoms in total. The first-order valence-corrected chi connectivity index (χ1v) is 8.23. The predicted octanol–water partition coefficient (Wildman–Crippen LogP) is 3.27. The maximum Gasteiger partial charge on any atom is 0.232 e. The lowest BCUT2D eigenvalue weighted by atomic mass is 10.1. The Balaban J connectivity index is 1.57. The third-order valence-electron chi connectivity index (χ3n) is 4.37. The van der Waals surface area contributed by atoms with Crippen LogP contribution in [0.15, 0.2) is 47.2 Å². The van der Waals surface area contributed by atoms with Crippen molar-refractivity contribution in [2.75, 3.05) is 11.4 Å². The molecule has 3 heterocycles. The molecule has 25 heavy (non-hydrogen) atoms. The average Bonchev–Trinajstić information content (AvgIpc) is 3.21. The Bertz CT molecular complexity index is 900. The van der Waals surface area contributed by atoms with Crippen molar-refractivity contribution in [1.82, 2.24) is 15.1 Å². The topological polar surface area (TPSA) is 72.1 Å². The minimum Gasteiger partial charge on any atom is -0.339 e. The maximum atomic E-state index is 12.5. The predicted molar refractivity (Wildman–Crippen MR) is 93.2 cm³/mol. The number of carbonyl (C=O) groups is 1. The molecular weight excluding hydrogens is 316 g/mol. The van der Waals surface area contributed by atoms with Crippen molar-refractivity contribution in [3.8, 4) is 11.4 Å². The van der Waals surface area contributed by atoms with E-state index in [4.69, 9.17) is 4.52 Å². The van der Waals surface area contributed by atoms with E-state index in [0.717, 1.165) is 22.4 Å². The van der Waals surface area contributed by atoms with Gasteiger partial charge in [-0.05, 0) is 49.2 Å². The van der Waals surface area contributed by atoms with Crippen LogP contribution in [0.1, 0.15) is 29.4 Å². The molecule has 1 aliphatic heterocycles. The summed E-state index contributed by atoms with van der Waals surface area (Å²) in [5, 5.41) is 4.04. The molecule has 3 aromatic rings. The highest BCUT2D eigenvalue weighted by Gasteiger charge is 2.35. The molecule has 1 amide bonds. The summed E-state index contributed by atoms with van der Waals surface area (Å²) in [6.07, 6.45) is 3.75. The second kappa shape index (κ2) is 6.12. The largest absolute Gasteiger partial charge is 0.339 e. The Hall–Kier alpha value is -3.02. The first-order valence-electron chi connectivity index (χ1n) is 8.23. The zero-order valence-corrected chi connectivity index (χ0v) is 14.1. The Morgan fingerprint density at radius 1 is 1.12 bits per heavy atom. The monoisotopic (exact) mass is 334 g/mol. The molecule has 126 valence electrons. The summed E-state index contributed by atoms with van der Waals surface area (Å²) in [5.41, 5.74) is 4.06. The van der Waals surface area contributed by atoms with E-state index in [1.54, 1.807) is 17.3 Å². The maximum absolute atomic E-state index is 12.5. The van der Waals surface area contributed by atoms with Crippen LogP contribution in [-0.2, 0) is 4.79 Å². The number of hydrogen-bond donors (Lipinski definition) is 0. The molecule has 0 N–H and O–H groups in total. The summed E-state index contributed by atoms with van der Waals surface area (Å²) in [7, 11) is 0. The molecule has 1 saturated heterocycles.